The number of nitrogens with zero attached hydrogens (tertiary/aromatic N) is 7. The van der Waals surface area contributed by atoms with Gasteiger partial charge in [-0.2, -0.15) is 39.5 Å². The van der Waals surface area contributed by atoms with Crippen LogP contribution >= 0.6 is 11.8 Å². The highest BCUT2D eigenvalue weighted by Crippen LogP contribution is 2.43. The minimum atomic E-state index is -4.28. The number of aliphatic hydroxyl groups excluding tert-OH is 4. The second kappa shape index (κ2) is 52.7. The van der Waals surface area contributed by atoms with E-state index >= 15 is 0 Å². The number of aliphatic imine (C=N–C) groups is 5. The van der Waals surface area contributed by atoms with E-state index in [1.807, 2.05) is 25.6 Å². The van der Waals surface area contributed by atoms with Crippen LogP contribution in [0.15, 0.2) is 59.1 Å². The van der Waals surface area contributed by atoms with Crippen molar-refractivity contribution >= 4 is 51.6 Å². The van der Waals surface area contributed by atoms with E-state index in [1.165, 1.54) is 179 Å². The maximum absolute atomic E-state index is 11.7. The van der Waals surface area contributed by atoms with Crippen molar-refractivity contribution in [2.45, 2.75) is 306 Å². The van der Waals surface area contributed by atoms with E-state index in [4.69, 9.17) is 14.9 Å². The fourth-order valence-corrected chi connectivity index (χ4v) is 13.6. The molecule has 26 heteroatoms. The molecule has 4 N–H and O–H groups in total. The second-order valence-electron chi connectivity index (χ2n) is 29.4. The van der Waals surface area contributed by atoms with Gasteiger partial charge in [0.05, 0.1) is 41.8 Å². The van der Waals surface area contributed by atoms with Crippen molar-refractivity contribution in [3.8, 4) is 0 Å². The number of rotatable bonds is 2. The Kier molecular flexibility index (Phi) is 48.5. The molecule has 0 saturated heterocycles. The molecule has 0 aromatic heterocycles. The third kappa shape index (κ3) is 44.6. The highest BCUT2D eigenvalue weighted by atomic mass is 32.2. The summed E-state index contributed by atoms with van der Waals surface area (Å²) >= 11 is 1.85. The van der Waals surface area contributed by atoms with Crippen LogP contribution in [0.5, 0.6) is 0 Å². The van der Waals surface area contributed by atoms with Gasteiger partial charge in [0.2, 0.25) is 12.2 Å². The van der Waals surface area contributed by atoms with Crippen molar-refractivity contribution in [1.82, 2.24) is 0 Å². The molecular formula is C77H132F9N7O9S. The van der Waals surface area contributed by atoms with Crippen molar-refractivity contribution in [3.05, 3.63) is 23.8 Å². The van der Waals surface area contributed by atoms with Gasteiger partial charge in [-0.25, -0.2) is 4.99 Å². The van der Waals surface area contributed by atoms with Gasteiger partial charge in [0.1, 0.15) is 19.8 Å². The molecule has 103 heavy (non-hydrogen) atoms. The maximum Gasteiger partial charge on any atom is 0.428 e. The molecule has 5 saturated carbocycles. The van der Waals surface area contributed by atoms with Crippen LogP contribution in [-0.2, 0) is 23.9 Å². The number of halogens is 9. The van der Waals surface area contributed by atoms with Gasteiger partial charge in [-0.15, -0.1) is 11.8 Å². The highest BCUT2D eigenvalue weighted by molar-refractivity contribution is 8.14. The third-order valence-electron chi connectivity index (χ3n) is 20.1. The molecule has 0 spiro atoms. The summed E-state index contributed by atoms with van der Waals surface area (Å²) in [5.41, 5.74) is 4.42. The van der Waals surface area contributed by atoms with E-state index in [0.717, 1.165) is 93.3 Å². The predicted molar refractivity (Wildman–Crippen MR) is 402 cm³/mol. The summed E-state index contributed by atoms with van der Waals surface area (Å²) in [6, 6.07) is -1.65. The molecule has 14 atom stereocenters. The number of fused-ring (bicyclic) bond motifs is 2. The van der Waals surface area contributed by atoms with Gasteiger partial charge in [0.15, 0.2) is 23.7 Å². The number of oxime groups is 2. The topological polar surface area (TPSA) is 214 Å². The van der Waals surface area contributed by atoms with Crippen LogP contribution in [0.4, 0.5) is 39.5 Å². The lowest BCUT2D eigenvalue weighted by atomic mass is 9.81. The average molecular weight is 1500 g/mol. The standard InChI is InChI=1S/2C8H16O.C8H12.2C7H14O.C7H12.3C5H6F3NO.C5H9N.2C4H7NO.C4H7NS/c2*1-7-4-2-3-5-8(7)6-9;1-6-4-7-2-3-8(6)5-7;2*1-6-4-2-3-5-7(6)8;1-7-5-3-2-4-6-7;1-3-9-4(2-10-3)5(6,7)8;1-3-9-2-4(10-3)5(6,7)8;1-3-2-4(10-9-3)5(6,7)8;1-5-3-2-4-6-5;1-4-5-2-3-6-4;1-4-2-3-6-5-4;1-4-5-2-3-6-4/h2*7-9H,2-6H2,1H3;2-3,6-8H,4-5H2,1H3;2*6-8H,2-5H2,1H3;5H,2-4,6H2,1H3;3*4H,2H2,1H3;2-4H2,1H3;3*2-3H2,1H3/t2*7?,8-;;2*6?,7-;;;;;;;;/m10.10......../s1. The fourth-order valence-electron chi connectivity index (χ4n) is 12.9. The molecule has 0 aromatic rings. The van der Waals surface area contributed by atoms with Crippen molar-refractivity contribution in [3.63, 3.8) is 0 Å². The quantitative estimate of drug-likeness (QED) is 0.152. The van der Waals surface area contributed by atoms with Crippen molar-refractivity contribution in [2.24, 2.45) is 88.5 Å². The first-order chi connectivity index (χ1) is 48.6. The van der Waals surface area contributed by atoms with Crippen LogP contribution in [0, 0.1) is 53.3 Å². The number of aliphatic hydroxyl groups is 4. The van der Waals surface area contributed by atoms with Crippen LogP contribution in [0.2, 0.25) is 0 Å². The van der Waals surface area contributed by atoms with E-state index in [1.54, 1.807) is 5.57 Å². The normalized spacial score (nSPS) is 30.3. The zero-order valence-electron chi connectivity index (χ0n) is 64.5. The Morgan fingerprint density at radius 2 is 1.07 bits per heavy atom. The summed E-state index contributed by atoms with van der Waals surface area (Å²) in [6.07, 6.45) is 22.9. The number of thioether (sulfide) groups is 1. The van der Waals surface area contributed by atoms with Crippen molar-refractivity contribution in [2.75, 3.05) is 65.0 Å². The molecule has 598 valence electrons. The predicted octanol–water partition coefficient (Wildman–Crippen LogP) is 19.5. The molecule has 14 rings (SSSR count). The van der Waals surface area contributed by atoms with E-state index < -0.39 is 36.8 Å². The first kappa shape index (κ1) is 94.8. The van der Waals surface area contributed by atoms with E-state index in [-0.39, 0.29) is 43.6 Å². The summed E-state index contributed by atoms with van der Waals surface area (Å²) in [6.45, 7) is 30.3. The molecule has 2 bridgehead atoms. The second-order valence-corrected chi connectivity index (χ2v) is 30.7. The summed E-state index contributed by atoms with van der Waals surface area (Å²) in [4.78, 5) is 27.6. The molecule has 0 amide bonds. The molecule has 7 heterocycles. The van der Waals surface area contributed by atoms with Gasteiger partial charge < -0.3 is 44.3 Å². The minimum Gasteiger partial charge on any atom is -0.479 e. The summed E-state index contributed by atoms with van der Waals surface area (Å²) < 4.78 is 119. The number of allylic oxidation sites excluding steroid dienone is 4. The lowest BCUT2D eigenvalue weighted by molar-refractivity contribution is -0.212. The minimum absolute atomic E-state index is 0.00347. The van der Waals surface area contributed by atoms with Gasteiger partial charge in [0, 0.05) is 71.4 Å². The number of hydrogen-bond acceptors (Lipinski definition) is 17. The SMILES string of the molecule is CC1=CCCCC1.CC1=NC(C(F)(F)F)CO1.CC1=NCC(C(F)(F)F)O1.CC1=NCCC1.CC1=NCCO1.CC1=NCCS1.CC1=NOC(C(F)(F)F)C1.CC1=NOCC1.CC1CC2C=CC1C2.CC1CCCC[C@@H]1CO.CC1CCCC[C@@H]1O.CC1CCCC[C@H]1CO.CC1CCCC[C@H]1O. The first-order valence-electron chi connectivity index (χ1n) is 38.2. The molecule has 14 aliphatic rings. The summed E-state index contributed by atoms with van der Waals surface area (Å²) in [5.74, 6) is 9.04. The van der Waals surface area contributed by atoms with E-state index in [2.05, 4.69) is 128 Å². The monoisotopic (exact) mass is 1500 g/mol. The maximum atomic E-state index is 11.7. The first-order valence-corrected chi connectivity index (χ1v) is 39.2. The van der Waals surface area contributed by atoms with Gasteiger partial charge in [0.25, 0.3) is 0 Å². The van der Waals surface area contributed by atoms with Gasteiger partial charge in [-0.05, 0) is 178 Å². The molecule has 10 unspecified atom stereocenters. The number of alkyl halides is 9. The average Bonchev–Trinajstić information content (AvgIpc) is 1.70. The Morgan fingerprint density at radius 3 is 1.26 bits per heavy atom. The van der Waals surface area contributed by atoms with Crippen LogP contribution in [0.3, 0.4) is 0 Å². The Morgan fingerprint density at radius 1 is 0.495 bits per heavy atom. The summed E-state index contributed by atoms with van der Waals surface area (Å²) in [5, 5.41) is 44.2. The molecule has 0 aromatic carbocycles. The number of hydrogen-bond donors (Lipinski definition) is 4. The van der Waals surface area contributed by atoms with Crippen molar-refractivity contribution in [1.29, 1.82) is 0 Å². The smallest absolute Gasteiger partial charge is 0.428 e. The van der Waals surface area contributed by atoms with Crippen molar-refractivity contribution < 1.29 is 83.8 Å². The Balaban J connectivity index is 0.000000380. The molecular weight excluding hydrogens is 1370 g/mol. The third-order valence-corrected chi connectivity index (χ3v) is 21.1. The summed E-state index contributed by atoms with van der Waals surface area (Å²) in [7, 11) is 0. The Hall–Kier alpha value is -4.27. The zero-order chi connectivity index (χ0) is 77.0. The van der Waals surface area contributed by atoms with Crippen LogP contribution in [0.1, 0.15) is 257 Å². The molecule has 5 fully saturated rings. The highest BCUT2D eigenvalue weighted by Gasteiger charge is 2.46. The fraction of sp³-hybridized carbons (Fsp3) is 0.857. The number of ether oxygens (including phenoxy) is 3. The zero-order valence-corrected chi connectivity index (χ0v) is 65.4. The molecule has 7 aliphatic carbocycles. The van der Waals surface area contributed by atoms with Crippen LogP contribution in [-0.4, -0.2) is 174 Å². The molecule has 0 radical (unpaired) electrons. The van der Waals surface area contributed by atoms with E-state index in [0.29, 0.717) is 42.6 Å². The lowest BCUT2D eigenvalue weighted by Gasteiger charge is -2.26. The molecule has 7 aliphatic heterocycles. The largest absolute Gasteiger partial charge is 0.479 e. The van der Waals surface area contributed by atoms with Gasteiger partial charge in [-0.1, -0.05) is 133 Å². The van der Waals surface area contributed by atoms with Gasteiger partial charge >= 0.3 is 18.5 Å². The van der Waals surface area contributed by atoms with E-state index in [9.17, 15) is 49.7 Å². The van der Waals surface area contributed by atoms with Gasteiger partial charge in [-0.3, -0.25) is 20.0 Å². The lowest BCUT2D eigenvalue weighted by Crippen LogP contribution is -2.31. The van der Waals surface area contributed by atoms with Crippen LogP contribution < -0.4 is 0 Å². The Bertz CT molecular complexity index is 2400. The van der Waals surface area contributed by atoms with Crippen LogP contribution in [0.25, 0.3) is 0 Å². The molecule has 16 nitrogen and oxygen atoms in total. The Labute approximate surface area is 616 Å².